The summed E-state index contributed by atoms with van der Waals surface area (Å²) in [5, 5.41) is 6.49. The van der Waals surface area contributed by atoms with Gasteiger partial charge in [-0.1, -0.05) is 23.4 Å². The molecule has 1 unspecified atom stereocenters. The van der Waals surface area contributed by atoms with Gasteiger partial charge < -0.3 is 23.6 Å². The molecule has 14 heteroatoms. The molecule has 284 valence electrons. The second-order valence-electron chi connectivity index (χ2n) is 14.5. The smallest absolute Gasteiger partial charge is 0.260 e. The molecule has 0 radical (unpaired) electrons. The minimum atomic E-state index is -1.03. The number of aryl methyl sites for hydroxylation is 2. The number of hydrogen-bond donors (Lipinski definition) is 1. The van der Waals surface area contributed by atoms with E-state index in [4.69, 9.17) is 14.2 Å². The van der Waals surface area contributed by atoms with Gasteiger partial charge in [0.15, 0.2) is 18.2 Å². The molecule has 2 aromatic heterocycles. The number of likely N-dealkylation sites (tertiary alicyclic amines) is 1. The average Bonchev–Trinajstić information content (AvgIpc) is 3.73. The lowest BCUT2D eigenvalue weighted by Crippen LogP contribution is -2.43. The minimum Gasteiger partial charge on any atom is -0.484 e. The third kappa shape index (κ3) is 6.96. The highest BCUT2D eigenvalue weighted by molar-refractivity contribution is 6.01. The number of hydrogen-bond acceptors (Lipinski definition) is 8. The van der Waals surface area contributed by atoms with E-state index in [-0.39, 0.29) is 48.4 Å². The number of ether oxygens (including phenoxy) is 1. The second kappa shape index (κ2) is 14.7. The lowest BCUT2D eigenvalue weighted by molar-refractivity contribution is -0.135. The number of imide groups is 1. The number of carbonyl (C=O) groups is 4. The standard InChI is InChI=1S/C41H40F2N6O6/c1-23-39(24(2)55-46-23)26-8-14-34-33(20-26)44-40(35-4-3-5-37(51)48(35)28-9-13-31(42)32(43)21-28)49(34)27-16-18-47(19-17-27)38(52)22-54-29-10-6-25(7-11-29)30-12-15-36(50)45-41(30)53/h6-11,13-14,20-21,27,30,35H,3-5,12,15-19,22H2,1-2H3,(H,45,50,53)/t30?,35-/m0/s1. The first-order chi connectivity index (χ1) is 26.5. The summed E-state index contributed by atoms with van der Waals surface area (Å²) in [5.41, 5.74) is 5.16. The number of piperidine rings is 3. The van der Waals surface area contributed by atoms with E-state index in [1.54, 1.807) is 34.1 Å². The Kier molecular flexibility index (Phi) is 9.66. The Morgan fingerprint density at radius 1 is 0.927 bits per heavy atom. The van der Waals surface area contributed by atoms with Gasteiger partial charge in [-0.2, -0.15) is 0 Å². The van der Waals surface area contributed by atoms with Crippen molar-refractivity contribution < 1.29 is 37.2 Å². The zero-order valence-corrected chi connectivity index (χ0v) is 30.5. The van der Waals surface area contributed by atoms with Gasteiger partial charge in [-0.3, -0.25) is 24.5 Å². The number of fused-ring (bicyclic) bond motifs is 1. The van der Waals surface area contributed by atoms with Gasteiger partial charge in [-0.25, -0.2) is 13.8 Å². The lowest BCUT2D eigenvalue weighted by atomic mass is 9.90. The number of anilines is 1. The zero-order chi connectivity index (χ0) is 38.4. The predicted molar refractivity (Wildman–Crippen MR) is 197 cm³/mol. The van der Waals surface area contributed by atoms with Crippen molar-refractivity contribution in [2.45, 2.75) is 76.8 Å². The van der Waals surface area contributed by atoms with Crippen LogP contribution in [0.2, 0.25) is 0 Å². The molecule has 5 heterocycles. The molecule has 0 bridgehead atoms. The normalized spacial score (nSPS) is 19.6. The van der Waals surface area contributed by atoms with Crippen molar-refractivity contribution in [3.05, 3.63) is 95.1 Å². The van der Waals surface area contributed by atoms with Crippen molar-refractivity contribution in [3.63, 3.8) is 0 Å². The maximum absolute atomic E-state index is 14.5. The van der Waals surface area contributed by atoms with E-state index >= 15 is 0 Å². The number of imidazole rings is 1. The minimum absolute atomic E-state index is 0.0708. The Balaban J connectivity index is 1.03. The van der Waals surface area contributed by atoms with Crippen LogP contribution in [-0.4, -0.2) is 62.9 Å². The Bertz CT molecular complexity index is 2290. The summed E-state index contributed by atoms with van der Waals surface area (Å²) in [6.45, 7) is 4.52. The van der Waals surface area contributed by atoms with E-state index in [1.165, 1.54) is 6.07 Å². The van der Waals surface area contributed by atoms with Crippen LogP contribution in [0.25, 0.3) is 22.2 Å². The summed E-state index contributed by atoms with van der Waals surface area (Å²) in [4.78, 5) is 59.2. The lowest BCUT2D eigenvalue weighted by Gasteiger charge is -2.38. The van der Waals surface area contributed by atoms with Crippen LogP contribution in [0.1, 0.15) is 85.8 Å². The maximum atomic E-state index is 14.5. The number of benzene rings is 3. The molecule has 8 rings (SSSR count). The van der Waals surface area contributed by atoms with Gasteiger partial charge in [0.25, 0.3) is 5.91 Å². The van der Waals surface area contributed by atoms with Crippen molar-refractivity contribution in [1.29, 1.82) is 0 Å². The van der Waals surface area contributed by atoms with Gasteiger partial charge in [-0.05, 0) is 93.5 Å². The Hall–Kier alpha value is -5.92. The summed E-state index contributed by atoms with van der Waals surface area (Å²) in [7, 11) is 0. The van der Waals surface area contributed by atoms with Gasteiger partial charge in [0.2, 0.25) is 17.7 Å². The molecule has 3 aliphatic heterocycles. The van der Waals surface area contributed by atoms with Crippen molar-refractivity contribution in [2.24, 2.45) is 0 Å². The van der Waals surface area contributed by atoms with E-state index in [0.717, 1.165) is 40.0 Å². The van der Waals surface area contributed by atoms with E-state index in [0.29, 0.717) is 74.5 Å². The monoisotopic (exact) mass is 750 g/mol. The Morgan fingerprint density at radius 2 is 1.71 bits per heavy atom. The number of carbonyl (C=O) groups excluding carboxylic acids is 4. The fourth-order valence-electron chi connectivity index (χ4n) is 8.28. The van der Waals surface area contributed by atoms with E-state index < -0.39 is 23.6 Å². The topological polar surface area (TPSA) is 140 Å². The molecule has 5 aromatic rings. The van der Waals surface area contributed by atoms with Crippen LogP contribution < -0.4 is 15.0 Å². The summed E-state index contributed by atoms with van der Waals surface area (Å²) in [5.74, 6) is -1.51. The quantitative estimate of drug-likeness (QED) is 0.175. The molecule has 4 amide bonds. The van der Waals surface area contributed by atoms with Crippen LogP contribution in [0.5, 0.6) is 5.75 Å². The molecule has 3 saturated heterocycles. The van der Waals surface area contributed by atoms with E-state index in [2.05, 4.69) is 15.0 Å². The average molecular weight is 751 g/mol. The molecule has 55 heavy (non-hydrogen) atoms. The van der Waals surface area contributed by atoms with Crippen molar-refractivity contribution in [2.75, 3.05) is 24.6 Å². The van der Waals surface area contributed by atoms with Gasteiger partial charge >= 0.3 is 0 Å². The molecule has 0 saturated carbocycles. The van der Waals surface area contributed by atoms with Crippen LogP contribution in [0.3, 0.4) is 0 Å². The molecule has 3 fully saturated rings. The molecule has 3 aliphatic rings. The molecule has 0 aliphatic carbocycles. The second-order valence-corrected chi connectivity index (χ2v) is 14.5. The highest BCUT2D eigenvalue weighted by Gasteiger charge is 2.37. The Morgan fingerprint density at radius 3 is 2.42 bits per heavy atom. The summed E-state index contributed by atoms with van der Waals surface area (Å²) in [6.07, 6.45) is 3.43. The molecule has 0 spiro atoms. The first kappa shape index (κ1) is 36.1. The number of amides is 4. The highest BCUT2D eigenvalue weighted by Crippen LogP contribution is 2.41. The number of nitrogens with one attached hydrogen (secondary N) is 1. The van der Waals surface area contributed by atoms with Gasteiger partial charge in [0.1, 0.15) is 17.3 Å². The third-order valence-corrected chi connectivity index (χ3v) is 11.0. The summed E-state index contributed by atoms with van der Waals surface area (Å²) in [6, 6.07) is 15.9. The number of rotatable bonds is 8. The third-order valence-electron chi connectivity index (χ3n) is 11.0. The predicted octanol–water partition coefficient (Wildman–Crippen LogP) is 6.61. The number of halogens is 2. The van der Waals surface area contributed by atoms with Gasteiger partial charge in [0, 0.05) is 49.3 Å². The van der Waals surface area contributed by atoms with Gasteiger partial charge in [-0.15, -0.1) is 0 Å². The van der Waals surface area contributed by atoms with Gasteiger partial charge in [0.05, 0.1) is 28.7 Å². The molecule has 3 aromatic carbocycles. The molecule has 2 atom stereocenters. The Labute approximate surface area is 315 Å². The molecule has 1 N–H and O–H groups in total. The highest BCUT2D eigenvalue weighted by atomic mass is 19.2. The molecule has 12 nitrogen and oxygen atoms in total. The van der Waals surface area contributed by atoms with E-state index in [9.17, 15) is 28.0 Å². The van der Waals surface area contributed by atoms with Crippen LogP contribution in [0.4, 0.5) is 14.5 Å². The van der Waals surface area contributed by atoms with Crippen LogP contribution in [0.15, 0.2) is 65.2 Å². The van der Waals surface area contributed by atoms with Crippen molar-refractivity contribution >= 4 is 40.3 Å². The number of nitrogens with zero attached hydrogens (tertiary/aromatic N) is 5. The fourth-order valence-corrected chi connectivity index (χ4v) is 8.28. The van der Waals surface area contributed by atoms with E-state index in [1.807, 2.05) is 32.0 Å². The molecular formula is C41H40F2N6O6. The zero-order valence-electron chi connectivity index (χ0n) is 30.5. The van der Waals surface area contributed by atoms with Crippen molar-refractivity contribution in [1.82, 2.24) is 24.9 Å². The summed E-state index contributed by atoms with van der Waals surface area (Å²) >= 11 is 0. The molecular weight excluding hydrogens is 710 g/mol. The van der Waals surface area contributed by atoms with Crippen LogP contribution in [-0.2, 0) is 19.2 Å². The van der Waals surface area contributed by atoms with Crippen LogP contribution in [0, 0.1) is 25.5 Å². The first-order valence-corrected chi connectivity index (χ1v) is 18.6. The maximum Gasteiger partial charge on any atom is 0.260 e. The summed E-state index contributed by atoms with van der Waals surface area (Å²) < 4.78 is 42.0. The largest absolute Gasteiger partial charge is 0.484 e. The van der Waals surface area contributed by atoms with Crippen molar-refractivity contribution in [3.8, 4) is 16.9 Å². The number of aromatic nitrogens is 3. The van der Waals surface area contributed by atoms with Crippen LogP contribution >= 0.6 is 0 Å². The first-order valence-electron chi connectivity index (χ1n) is 18.6. The fraction of sp³-hybridized carbons (Fsp3) is 0.366. The SMILES string of the molecule is Cc1noc(C)c1-c1ccc2c(c1)nc([C@@H]1CCCC(=O)N1c1ccc(F)c(F)c1)n2C1CCN(C(=O)COc2ccc(C3CCC(=O)NC3=O)cc2)CC1.